The van der Waals surface area contributed by atoms with Gasteiger partial charge in [-0.15, -0.1) is 0 Å². The van der Waals surface area contributed by atoms with Crippen LogP contribution in [-0.2, 0) is 11.2 Å². The van der Waals surface area contributed by atoms with Crippen LogP contribution in [0.5, 0.6) is 0 Å². The fraction of sp³-hybridized carbons (Fsp3) is 0.550. The van der Waals surface area contributed by atoms with Crippen LogP contribution in [0.1, 0.15) is 69.5 Å². The van der Waals surface area contributed by atoms with Crippen LogP contribution in [0.25, 0.3) is 0 Å². The molecule has 0 aliphatic heterocycles. The summed E-state index contributed by atoms with van der Waals surface area (Å²) < 4.78 is 0. The molecule has 0 bridgehead atoms. The highest BCUT2D eigenvalue weighted by molar-refractivity contribution is 5.66. The first kappa shape index (κ1) is 17.7. The van der Waals surface area contributed by atoms with E-state index in [0.29, 0.717) is 12.5 Å². The highest BCUT2D eigenvalue weighted by Crippen LogP contribution is 2.32. The highest BCUT2D eigenvalue weighted by atomic mass is 16.4. The average molecular weight is 315 g/mol. The number of hydrogen-bond donors (Lipinski definition) is 2. The number of nitrogens with one attached hydrogen (secondary N) is 1. The molecule has 0 amide bonds. The van der Waals surface area contributed by atoms with Crippen molar-refractivity contribution in [2.75, 3.05) is 6.54 Å². The second-order valence-electron chi connectivity index (χ2n) is 6.61. The van der Waals surface area contributed by atoms with Crippen molar-refractivity contribution in [3.63, 3.8) is 0 Å². The number of carbonyl (C=O) groups is 1. The highest BCUT2D eigenvalue weighted by Gasteiger charge is 2.20. The summed E-state index contributed by atoms with van der Waals surface area (Å²) in [6.45, 7) is 5.49. The molecule has 1 unspecified atom stereocenters. The summed E-state index contributed by atoms with van der Waals surface area (Å²) in [6.07, 6.45) is 6.57. The maximum absolute atomic E-state index is 10.5. The van der Waals surface area contributed by atoms with Crippen LogP contribution in [0, 0.1) is 0 Å². The Labute approximate surface area is 139 Å². The van der Waals surface area contributed by atoms with Gasteiger partial charge in [0.05, 0.1) is 6.04 Å². The van der Waals surface area contributed by atoms with Crippen molar-refractivity contribution in [3.05, 3.63) is 46.5 Å². The number of allylic oxidation sites excluding steroid dienone is 1. The minimum Gasteiger partial charge on any atom is -0.481 e. The molecule has 1 aromatic rings. The number of fused-ring (bicyclic) bond motifs is 1. The number of benzene rings is 1. The topological polar surface area (TPSA) is 49.3 Å². The Morgan fingerprint density at radius 3 is 2.65 bits per heavy atom. The molecule has 3 heteroatoms. The lowest BCUT2D eigenvalue weighted by atomic mass is 9.95. The molecule has 2 rings (SSSR count). The number of unbranched alkanes of at least 4 members (excludes halogenated alkanes) is 3. The summed E-state index contributed by atoms with van der Waals surface area (Å²) in [4.78, 5) is 10.5. The van der Waals surface area contributed by atoms with Gasteiger partial charge in [-0.05, 0) is 57.2 Å². The van der Waals surface area contributed by atoms with E-state index in [-0.39, 0.29) is 0 Å². The normalized spacial score (nSPS) is 17.7. The molecule has 3 nitrogen and oxygen atoms in total. The maximum atomic E-state index is 10.5. The van der Waals surface area contributed by atoms with Gasteiger partial charge in [0.25, 0.3) is 0 Å². The van der Waals surface area contributed by atoms with Crippen molar-refractivity contribution in [1.82, 2.24) is 5.32 Å². The van der Waals surface area contributed by atoms with E-state index in [0.717, 1.165) is 45.1 Å². The van der Waals surface area contributed by atoms with Gasteiger partial charge in [-0.25, -0.2) is 0 Å². The van der Waals surface area contributed by atoms with Crippen LogP contribution >= 0.6 is 0 Å². The van der Waals surface area contributed by atoms with Gasteiger partial charge in [-0.1, -0.05) is 48.3 Å². The van der Waals surface area contributed by atoms with Gasteiger partial charge >= 0.3 is 5.97 Å². The molecule has 1 aliphatic rings. The zero-order chi connectivity index (χ0) is 16.7. The molecule has 1 aliphatic carbocycles. The molecule has 2 N–H and O–H groups in total. The first-order chi connectivity index (χ1) is 11.1. The summed E-state index contributed by atoms with van der Waals surface area (Å²) in [5, 5.41) is 12.4. The van der Waals surface area contributed by atoms with Gasteiger partial charge in [0.15, 0.2) is 0 Å². The maximum Gasteiger partial charge on any atom is 0.303 e. The molecular weight excluding hydrogens is 286 g/mol. The van der Waals surface area contributed by atoms with Gasteiger partial charge in [0.1, 0.15) is 0 Å². The summed E-state index contributed by atoms with van der Waals surface area (Å²) >= 11 is 0. The molecular formula is C20H29NO2. The Morgan fingerprint density at radius 2 is 1.87 bits per heavy atom. The monoisotopic (exact) mass is 315 g/mol. The minimum absolute atomic E-state index is 0.296. The van der Waals surface area contributed by atoms with E-state index < -0.39 is 5.97 Å². The molecule has 126 valence electrons. The molecule has 23 heavy (non-hydrogen) atoms. The molecule has 0 heterocycles. The van der Waals surface area contributed by atoms with E-state index in [9.17, 15) is 4.79 Å². The van der Waals surface area contributed by atoms with Crippen molar-refractivity contribution >= 4 is 5.97 Å². The van der Waals surface area contributed by atoms with Crippen LogP contribution in [-0.4, -0.2) is 17.6 Å². The third kappa shape index (κ3) is 5.21. The van der Waals surface area contributed by atoms with Crippen LogP contribution in [0.2, 0.25) is 0 Å². The molecule has 0 spiro atoms. The largest absolute Gasteiger partial charge is 0.481 e. The Bertz CT molecular complexity index is 563. The van der Waals surface area contributed by atoms with Crippen LogP contribution in [0.3, 0.4) is 0 Å². The second kappa shape index (κ2) is 8.88. The Balaban J connectivity index is 1.87. The van der Waals surface area contributed by atoms with Gasteiger partial charge in [0, 0.05) is 6.42 Å². The van der Waals surface area contributed by atoms with Gasteiger partial charge in [0.2, 0.25) is 0 Å². The zero-order valence-electron chi connectivity index (χ0n) is 14.4. The van der Waals surface area contributed by atoms with E-state index in [1.807, 2.05) is 0 Å². The lowest BCUT2D eigenvalue weighted by Gasteiger charge is -2.22. The number of rotatable bonds is 8. The molecule has 0 saturated carbocycles. The van der Waals surface area contributed by atoms with Gasteiger partial charge in [-0.2, -0.15) is 0 Å². The fourth-order valence-electron chi connectivity index (χ4n) is 3.31. The lowest BCUT2D eigenvalue weighted by molar-refractivity contribution is -0.137. The predicted octanol–water partition coefficient (Wildman–Crippen LogP) is 4.64. The Morgan fingerprint density at radius 1 is 1.13 bits per heavy atom. The van der Waals surface area contributed by atoms with E-state index in [4.69, 9.17) is 5.11 Å². The van der Waals surface area contributed by atoms with Crippen LogP contribution in [0.4, 0.5) is 0 Å². The molecule has 0 fully saturated rings. The summed E-state index contributed by atoms with van der Waals surface area (Å²) in [6, 6.07) is 9.10. The Hall–Kier alpha value is -1.61. The van der Waals surface area contributed by atoms with Crippen molar-refractivity contribution in [3.8, 4) is 0 Å². The molecule has 1 aromatic carbocycles. The minimum atomic E-state index is -0.686. The SMILES string of the molecule is CC1=C(C)C(NCCCCCCC(=O)O)c2ccccc2CC1. The van der Waals surface area contributed by atoms with Crippen molar-refractivity contribution in [2.24, 2.45) is 0 Å². The first-order valence-electron chi connectivity index (χ1n) is 8.79. The van der Waals surface area contributed by atoms with E-state index in [1.165, 1.54) is 22.3 Å². The number of carboxylic acid groups (broad SMARTS) is 1. The number of hydrogen-bond acceptors (Lipinski definition) is 2. The number of aliphatic carboxylic acids is 1. The standard InChI is InChI=1S/C20H29NO2/c1-15-12-13-17-9-6-7-10-18(17)20(16(15)2)21-14-8-4-3-5-11-19(22)23/h6-7,9-10,20-21H,3-5,8,11-14H2,1-2H3,(H,22,23). The van der Waals surface area contributed by atoms with Gasteiger partial charge in [-0.3, -0.25) is 4.79 Å². The molecule has 0 saturated heterocycles. The van der Waals surface area contributed by atoms with Gasteiger partial charge < -0.3 is 10.4 Å². The van der Waals surface area contributed by atoms with Crippen molar-refractivity contribution in [2.45, 2.75) is 64.8 Å². The van der Waals surface area contributed by atoms with Crippen LogP contribution in [0.15, 0.2) is 35.4 Å². The average Bonchev–Trinajstić information content (AvgIpc) is 2.65. The molecule has 1 atom stereocenters. The summed E-state index contributed by atoms with van der Waals surface area (Å²) in [5.74, 6) is -0.686. The lowest BCUT2D eigenvalue weighted by Crippen LogP contribution is -2.24. The summed E-state index contributed by atoms with van der Waals surface area (Å²) in [5.41, 5.74) is 5.84. The first-order valence-corrected chi connectivity index (χ1v) is 8.79. The van der Waals surface area contributed by atoms with E-state index in [2.05, 4.69) is 43.4 Å². The Kier molecular flexibility index (Phi) is 6.85. The van der Waals surface area contributed by atoms with Crippen LogP contribution < -0.4 is 5.32 Å². The number of aryl methyl sites for hydroxylation is 1. The zero-order valence-corrected chi connectivity index (χ0v) is 14.4. The fourth-order valence-corrected chi connectivity index (χ4v) is 3.31. The molecule has 0 aromatic heterocycles. The third-order valence-corrected chi connectivity index (χ3v) is 4.91. The van der Waals surface area contributed by atoms with Crippen molar-refractivity contribution < 1.29 is 9.90 Å². The van der Waals surface area contributed by atoms with Crippen molar-refractivity contribution in [1.29, 1.82) is 0 Å². The summed E-state index contributed by atoms with van der Waals surface area (Å²) in [7, 11) is 0. The second-order valence-corrected chi connectivity index (χ2v) is 6.61. The van der Waals surface area contributed by atoms with E-state index >= 15 is 0 Å². The quantitative estimate of drug-likeness (QED) is 0.543. The smallest absolute Gasteiger partial charge is 0.303 e. The molecule has 0 radical (unpaired) electrons. The van der Waals surface area contributed by atoms with E-state index in [1.54, 1.807) is 0 Å². The third-order valence-electron chi connectivity index (χ3n) is 4.91. The number of carboxylic acids is 1. The predicted molar refractivity (Wildman–Crippen MR) is 94.6 cm³/mol.